The van der Waals surface area contributed by atoms with Crippen LogP contribution in [0, 0.1) is 22.0 Å². The summed E-state index contributed by atoms with van der Waals surface area (Å²) in [5, 5.41) is 11.2. The van der Waals surface area contributed by atoms with E-state index in [9.17, 15) is 10.1 Å². The number of non-ortho nitro benzene ring substituents is 1. The average Bonchev–Trinajstić information content (AvgIpc) is 2.96. The summed E-state index contributed by atoms with van der Waals surface area (Å²) in [6.45, 7) is 12.6. The normalized spacial score (nSPS) is 18.0. The molecule has 145 valence electrons. The highest BCUT2D eigenvalue weighted by atomic mass is 16.6. The molecule has 0 saturated carbocycles. The molecule has 1 aromatic heterocycles. The van der Waals surface area contributed by atoms with Gasteiger partial charge in [0.25, 0.3) is 5.69 Å². The number of nitrogens with zero attached hydrogens (tertiary/aromatic N) is 4. The zero-order valence-corrected chi connectivity index (χ0v) is 16.9. The van der Waals surface area contributed by atoms with Gasteiger partial charge in [-0.2, -0.15) is 0 Å². The van der Waals surface area contributed by atoms with Gasteiger partial charge < -0.3 is 9.47 Å². The first kappa shape index (κ1) is 19.4. The van der Waals surface area contributed by atoms with E-state index in [0.717, 1.165) is 30.9 Å². The number of piperidine rings is 1. The van der Waals surface area contributed by atoms with Gasteiger partial charge in [-0.1, -0.05) is 32.4 Å². The van der Waals surface area contributed by atoms with Crippen LogP contribution in [-0.2, 0) is 6.54 Å². The van der Waals surface area contributed by atoms with Crippen LogP contribution in [-0.4, -0.2) is 27.1 Å². The largest absolute Gasteiger partial charge is 0.338 e. The second kappa shape index (κ2) is 7.33. The minimum atomic E-state index is -0.360. The molecule has 27 heavy (non-hydrogen) atoms. The number of rotatable bonds is 4. The molecule has 0 aliphatic carbocycles. The van der Waals surface area contributed by atoms with Gasteiger partial charge in [-0.3, -0.25) is 10.1 Å². The van der Waals surface area contributed by atoms with Crippen LogP contribution in [0.4, 0.5) is 11.6 Å². The van der Waals surface area contributed by atoms with Crippen LogP contribution in [0.15, 0.2) is 29.8 Å². The third-order valence-corrected chi connectivity index (χ3v) is 5.08. The van der Waals surface area contributed by atoms with Crippen molar-refractivity contribution in [2.45, 2.75) is 60.0 Å². The first-order chi connectivity index (χ1) is 12.7. The van der Waals surface area contributed by atoms with Crippen molar-refractivity contribution in [1.82, 2.24) is 9.55 Å². The van der Waals surface area contributed by atoms with Gasteiger partial charge in [0.15, 0.2) is 0 Å². The van der Waals surface area contributed by atoms with Crippen molar-refractivity contribution >= 4 is 22.7 Å². The highest BCUT2D eigenvalue weighted by Crippen LogP contribution is 2.36. The molecule has 6 nitrogen and oxygen atoms in total. The van der Waals surface area contributed by atoms with Crippen molar-refractivity contribution in [3.05, 3.63) is 46.4 Å². The summed E-state index contributed by atoms with van der Waals surface area (Å²) in [6.07, 6.45) is 6.76. The number of hydrogen-bond donors (Lipinski definition) is 0. The van der Waals surface area contributed by atoms with E-state index < -0.39 is 0 Å². The average molecular weight is 369 g/mol. The maximum Gasteiger partial charge on any atom is 0.271 e. The summed E-state index contributed by atoms with van der Waals surface area (Å²) < 4.78 is 2.18. The zero-order valence-electron chi connectivity index (χ0n) is 16.9. The van der Waals surface area contributed by atoms with Crippen LogP contribution < -0.4 is 4.90 Å². The van der Waals surface area contributed by atoms with Crippen LogP contribution in [0.1, 0.15) is 47.5 Å². The number of nitro benzene ring substituents is 1. The lowest BCUT2D eigenvalue weighted by atomic mass is 9.81. The molecule has 1 aliphatic rings. The Hall–Kier alpha value is -2.37. The number of hydrogen-bond acceptors (Lipinski definition) is 4. The van der Waals surface area contributed by atoms with Crippen molar-refractivity contribution in [3.8, 4) is 0 Å². The fourth-order valence-corrected chi connectivity index (χ4v) is 3.74. The van der Waals surface area contributed by atoms with E-state index in [1.807, 2.05) is 6.07 Å². The van der Waals surface area contributed by atoms with E-state index in [4.69, 9.17) is 4.98 Å². The molecule has 0 amide bonds. The van der Waals surface area contributed by atoms with Gasteiger partial charge in [0.05, 0.1) is 16.0 Å². The summed E-state index contributed by atoms with van der Waals surface area (Å²) in [5.41, 5.74) is 3.03. The molecule has 0 spiro atoms. The Morgan fingerprint density at radius 3 is 2.74 bits per heavy atom. The highest BCUT2D eigenvalue weighted by molar-refractivity contribution is 5.81. The molecule has 1 aliphatic heterocycles. The van der Waals surface area contributed by atoms with Crippen molar-refractivity contribution in [2.75, 3.05) is 11.4 Å². The summed E-state index contributed by atoms with van der Waals surface area (Å²) in [4.78, 5) is 18.0. The minimum Gasteiger partial charge on any atom is -0.338 e. The molecule has 1 atom stereocenters. The summed E-state index contributed by atoms with van der Waals surface area (Å²) in [7, 11) is 0. The molecule has 2 aromatic rings. The maximum atomic E-state index is 11.2. The Morgan fingerprint density at radius 1 is 1.37 bits per heavy atom. The Labute approximate surface area is 161 Å². The molecule has 1 fully saturated rings. The first-order valence-corrected chi connectivity index (χ1v) is 9.56. The number of nitro groups is 1. The van der Waals surface area contributed by atoms with Gasteiger partial charge in [0.1, 0.15) is 0 Å². The number of allylic oxidation sites excluding steroid dienone is 2. The monoisotopic (exact) mass is 369 g/mol. The van der Waals surface area contributed by atoms with E-state index >= 15 is 0 Å². The molecule has 0 bridgehead atoms. The maximum absolute atomic E-state index is 11.2. The van der Waals surface area contributed by atoms with Crippen LogP contribution in [0.25, 0.3) is 11.0 Å². The van der Waals surface area contributed by atoms with Crippen LogP contribution in [0.2, 0.25) is 0 Å². The van der Waals surface area contributed by atoms with Gasteiger partial charge >= 0.3 is 0 Å². The zero-order chi connectivity index (χ0) is 19.8. The van der Waals surface area contributed by atoms with Crippen molar-refractivity contribution in [2.24, 2.45) is 5.41 Å². The highest BCUT2D eigenvalue weighted by Gasteiger charge is 2.35. The number of anilines is 1. The minimum absolute atomic E-state index is 0.0819. The number of benzene rings is 1. The van der Waals surface area contributed by atoms with E-state index in [2.05, 4.69) is 56.6 Å². The number of fused-ring (bicyclic) bond motifs is 1. The Balaban J connectivity index is 2.15. The van der Waals surface area contributed by atoms with Gasteiger partial charge in [-0.25, -0.2) is 4.98 Å². The smallest absolute Gasteiger partial charge is 0.271 e. The summed E-state index contributed by atoms with van der Waals surface area (Å²) >= 11 is 0. The van der Waals surface area contributed by atoms with E-state index in [1.54, 1.807) is 12.1 Å². The lowest BCUT2D eigenvalue weighted by molar-refractivity contribution is -0.384. The Bertz CT molecular complexity index is 872. The fourth-order valence-electron chi connectivity index (χ4n) is 3.74. The molecular weight excluding hydrogens is 340 g/mol. The molecule has 1 radical (unpaired) electrons. The molecule has 2 heterocycles. The molecule has 0 unspecified atom stereocenters. The molecular formula is C21H29N4O2. The first-order valence-electron chi connectivity index (χ1n) is 9.56. The van der Waals surface area contributed by atoms with Gasteiger partial charge in [-0.15, -0.1) is 0 Å². The van der Waals surface area contributed by atoms with Crippen LogP contribution in [0.5, 0.6) is 0 Å². The van der Waals surface area contributed by atoms with Crippen molar-refractivity contribution in [3.63, 3.8) is 0 Å². The van der Waals surface area contributed by atoms with E-state index in [0.29, 0.717) is 12.1 Å². The predicted molar refractivity (Wildman–Crippen MR) is 110 cm³/mol. The van der Waals surface area contributed by atoms with E-state index in [-0.39, 0.29) is 22.1 Å². The molecule has 1 saturated heterocycles. The van der Waals surface area contributed by atoms with Gasteiger partial charge in [0.2, 0.25) is 5.95 Å². The molecule has 3 rings (SSSR count). The van der Waals surface area contributed by atoms with Gasteiger partial charge in [-0.05, 0) is 44.6 Å². The Morgan fingerprint density at radius 2 is 2.11 bits per heavy atom. The standard InChI is InChI=1S/C21H29N4O2/c1-15(2)11-13-23-18-10-9-16(25(26)27)14-17(18)22-20(23)24-12-7-6-8-19(24)21(3,4)5/h8-11,14,19H,6-7,12-13H2,1-5H3/t19-/m1/s1. The van der Waals surface area contributed by atoms with Crippen molar-refractivity contribution in [1.29, 1.82) is 0 Å². The molecule has 0 N–H and O–H groups in total. The number of imidazole rings is 1. The summed E-state index contributed by atoms with van der Waals surface area (Å²) in [6, 6.07) is 5.25. The quantitative estimate of drug-likeness (QED) is 0.426. The number of aromatic nitrogens is 2. The lowest BCUT2D eigenvalue weighted by Gasteiger charge is -2.43. The third-order valence-electron chi connectivity index (χ3n) is 5.08. The third kappa shape index (κ3) is 3.99. The van der Waals surface area contributed by atoms with E-state index in [1.165, 1.54) is 5.57 Å². The second-order valence-electron chi connectivity index (χ2n) is 8.62. The fraction of sp³-hybridized carbons (Fsp3) is 0.524. The Kier molecular flexibility index (Phi) is 5.27. The SMILES string of the molecule is CC(C)=CCn1c(N2CCC[CH][C@@H]2C(C)(C)C)nc2cc([N+](=O)[O-])ccc21. The topological polar surface area (TPSA) is 64.2 Å². The lowest BCUT2D eigenvalue weighted by Crippen LogP contribution is -2.48. The molecule has 6 heteroatoms. The molecule has 1 aromatic carbocycles. The van der Waals surface area contributed by atoms with Gasteiger partial charge in [0, 0.05) is 31.3 Å². The predicted octanol–water partition coefficient (Wildman–Crippen LogP) is 5.13. The summed E-state index contributed by atoms with van der Waals surface area (Å²) in [5.74, 6) is 0.902. The second-order valence-corrected chi connectivity index (χ2v) is 8.62. The van der Waals surface area contributed by atoms with Crippen LogP contribution >= 0.6 is 0 Å². The van der Waals surface area contributed by atoms with Crippen LogP contribution in [0.3, 0.4) is 0 Å². The van der Waals surface area contributed by atoms with Crippen molar-refractivity contribution < 1.29 is 4.92 Å².